The van der Waals surface area contributed by atoms with Crippen molar-refractivity contribution in [2.75, 3.05) is 20.9 Å². The molecule has 0 aliphatic rings. The molecule has 0 saturated carbocycles. The van der Waals surface area contributed by atoms with E-state index in [2.05, 4.69) is 19.6 Å². The molecule has 0 fully saturated rings. The van der Waals surface area contributed by atoms with Gasteiger partial charge >= 0.3 is 0 Å². The number of halogens is 3. The van der Waals surface area contributed by atoms with Crippen molar-refractivity contribution in [1.29, 1.82) is 0 Å². The van der Waals surface area contributed by atoms with E-state index in [4.69, 9.17) is 39.5 Å². The number of hydrogen-bond donors (Lipinski definition) is 0. The van der Waals surface area contributed by atoms with E-state index in [1.54, 1.807) is 7.11 Å². The van der Waals surface area contributed by atoms with Crippen LogP contribution >= 0.6 is 34.8 Å². The van der Waals surface area contributed by atoms with Crippen LogP contribution in [0.1, 0.15) is 0 Å². The minimum Gasteiger partial charge on any atom is -0.369 e. The third-order valence-corrected chi connectivity index (χ3v) is 5.59. The zero-order valence-corrected chi connectivity index (χ0v) is 12.5. The molecule has 0 radical (unpaired) electrons. The lowest BCUT2D eigenvalue weighted by molar-refractivity contribution is 0.0711. The van der Waals surface area contributed by atoms with Gasteiger partial charge in [-0.1, -0.05) is 54.4 Å². The molecular formula is C8H18Cl3NOSi. The molecule has 0 aliphatic heterocycles. The fourth-order valence-corrected chi connectivity index (χ4v) is 7.50. The van der Waals surface area contributed by atoms with Gasteiger partial charge in [-0.05, 0) is 7.05 Å². The summed E-state index contributed by atoms with van der Waals surface area (Å²) >= 11 is 17.9. The van der Waals surface area contributed by atoms with Crippen LogP contribution in [0.5, 0.6) is 0 Å². The lowest BCUT2D eigenvalue weighted by atomic mass is 10.6. The van der Waals surface area contributed by atoms with Crippen LogP contribution in [0.15, 0.2) is 0 Å². The first-order valence-electron chi connectivity index (χ1n) is 4.36. The minimum absolute atomic E-state index is 0.0556. The standard InChI is InChI=1S/C8H18Cl3NOSi/c1-12(6-13-2)7(8(9,10)11)14(3,4)5/h7H,6H2,1-5H3. The van der Waals surface area contributed by atoms with Gasteiger partial charge in [0.15, 0.2) is 0 Å². The molecule has 2 nitrogen and oxygen atoms in total. The molecular weight excluding hydrogens is 261 g/mol. The largest absolute Gasteiger partial charge is 0.369 e. The molecule has 0 aliphatic carbocycles. The molecule has 6 heteroatoms. The summed E-state index contributed by atoms with van der Waals surface area (Å²) in [6, 6.07) is 0. The zero-order valence-electron chi connectivity index (χ0n) is 9.27. The van der Waals surface area contributed by atoms with Crippen molar-refractivity contribution in [3.05, 3.63) is 0 Å². The fraction of sp³-hybridized carbons (Fsp3) is 1.00. The first kappa shape index (κ1) is 15.0. The van der Waals surface area contributed by atoms with Crippen molar-refractivity contribution in [3.8, 4) is 0 Å². The lowest BCUT2D eigenvalue weighted by Crippen LogP contribution is -2.57. The van der Waals surface area contributed by atoms with Gasteiger partial charge in [-0.3, -0.25) is 4.90 Å². The molecule has 0 saturated heterocycles. The second kappa shape index (κ2) is 5.37. The van der Waals surface area contributed by atoms with Gasteiger partial charge in [-0.25, -0.2) is 0 Å². The van der Waals surface area contributed by atoms with Gasteiger partial charge < -0.3 is 4.74 Å². The Labute approximate surface area is 102 Å². The van der Waals surface area contributed by atoms with Crippen molar-refractivity contribution in [1.82, 2.24) is 4.90 Å². The maximum absolute atomic E-state index is 5.98. The smallest absolute Gasteiger partial charge is 0.203 e. The highest BCUT2D eigenvalue weighted by molar-refractivity contribution is 6.83. The summed E-state index contributed by atoms with van der Waals surface area (Å²) in [5.74, 6) is 0. The number of hydrogen-bond acceptors (Lipinski definition) is 2. The highest BCUT2D eigenvalue weighted by Crippen LogP contribution is 2.37. The summed E-state index contributed by atoms with van der Waals surface area (Å²) in [6.07, 6.45) is 0. The van der Waals surface area contributed by atoms with Gasteiger partial charge in [0.25, 0.3) is 0 Å². The van der Waals surface area contributed by atoms with Crippen LogP contribution in [0.4, 0.5) is 0 Å². The molecule has 0 aromatic carbocycles. The van der Waals surface area contributed by atoms with Gasteiger partial charge in [0.2, 0.25) is 3.79 Å². The monoisotopic (exact) mass is 277 g/mol. The number of nitrogens with zero attached hydrogens (tertiary/aromatic N) is 1. The van der Waals surface area contributed by atoms with E-state index >= 15 is 0 Å². The topological polar surface area (TPSA) is 12.5 Å². The third-order valence-electron chi connectivity index (χ3n) is 1.90. The second-order valence-electron chi connectivity index (χ2n) is 4.48. The fourth-order valence-electron chi connectivity index (χ4n) is 1.68. The predicted octanol–water partition coefficient (Wildman–Crippen LogP) is 3.14. The van der Waals surface area contributed by atoms with Crippen molar-refractivity contribution in [2.45, 2.75) is 29.1 Å². The Kier molecular flexibility index (Phi) is 5.76. The SMILES string of the molecule is COCN(C)C(C(Cl)(Cl)Cl)[Si](C)(C)C. The minimum atomic E-state index is -1.57. The normalized spacial score (nSPS) is 16.1. The van der Waals surface area contributed by atoms with Crippen molar-refractivity contribution in [3.63, 3.8) is 0 Å². The molecule has 0 bridgehead atoms. The van der Waals surface area contributed by atoms with Crippen LogP contribution < -0.4 is 0 Å². The summed E-state index contributed by atoms with van der Waals surface area (Å²) in [5.41, 5.74) is -0.0556. The van der Waals surface area contributed by atoms with E-state index in [9.17, 15) is 0 Å². The van der Waals surface area contributed by atoms with Gasteiger partial charge in [0.1, 0.15) is 0 Å². The van der Waals surface area contributed by atoms with Crippen molar-refractivity contribution in [2.24, 2.45) is 0 Å². The Morgan fingerprint density at radius 3 is 1.93 bits per heavy atom. The number of rotatable bonds is 4. The molecule has 0 spiro atoms. The maximum atomic E-state index is 5.98. The third kappa shape index (κ3) is 4.68. The van der Waals surface area contributed by atoms with Crippen LogP contribution in [0.2, 0.25) is 19.6 Å². The van der Waals surface area contributed by atoms with Gasteiger partial charge in [-0.15, -0.1) is 0 Å². The zero-order chi connectivity index (χ0) is 11.6. The average Bonchev–Trinajstić information content (AvgIpc) is 1.78. The Bertz CT molecular complexity index is 164. The Morgan fingerprint density at radius 1 is 1.29 bits per heavy atom. The summed E-state index contributed by atoms with van der Waals surface area (Å²) in [6.45, 7) is 6.99. The van der Waals surface area contributed by atoms with E-state index in [-0.39, 0.29) is 5.67 Å². The van der Waals surface area contributed by atoms with Crippen LogP contribution in [0, 0.1) is 0 Å². The van der Waals surface area contributed by atoms with Gasteiger partial charge in [0, 0.05) is 7.11 Å². The molecule has 14 heavy (non-hydrogen) atoms. The molecule has 0 heterocycles. The van der Waals surface area contributed by atoms with E-state index in [0.29, 0.717) is 6.73 Å². The van der Waals surface area contributed by atoms with Gasteiger partial charge in [-0.2, -0.15) is 0 Å². The molecule has 0 aromatic rings. The summed E-state index contributed by atoms with van der Waals surface area (Å²) < 4.78 is 3.79. The molecule has 0 amide bonds. The van der Waals surface area contributed by atoms with E-state index < -0.39 is 11.9 Å². The first-order chi connectivity index (χ1) is 6.10. The maximum Gasteiger partial charge on any atom is 0.203 e. The molecule has 1 unspecified atom stereocenters. The van der Waals surface area contributed by atoms with Crippen molar-refractivity contribution >= 4 is 42.9 Å². The lowest BCUT2D eigenvalue weighted by Gasteiger charge is -2.40. The Balaban J connectivity index is 4.74. The van der Waals surface area contributed by atoms with E-state index in [1.807, 2.05) is 11.9 Å². The van der Waals surface area contributed by atoms with Crippen LogP contribution in [-0.4, -0.2) is 43.3 Å². The number of alkyl halides is 3. The summed E-state index contributed by atoms with van der Waals surface area (Å²) in [5, 5.41) is 0. The first-order valence-corrected chi connectivity index (χ1v) is 9.07. The van der Waals surface area contributed by atoms with E-state index in [1.165, 1.54) is 0 Å². The van der Waals surface area contributed by atoms with Gasteiger partial charge in [0.05, 0.1) is 20.5 Å². The van der Waals surface area contributed by atoms with Crippen LogP contribution in [0.3, 0.4) is 0 Å². The number of methoxy groups -OCH3 is 1. The summed E-state index contributed by atoms with van der Waals surface area (Å²) in [7, 11) is 1.97. The molecule has 0 aromatic heterocycles. The highest BCUT2D eigenvalue weighted by Gasteiger charge is 2.44. The average molecular weight is 279 g/mol. The molecule has 1 atom stereocenters. The predicted molar refractivity (Wildman–Crippen MR) is 67.1 cm³/mol. The van der Waals surface area contributed by atoms with E-state index in [0.717, 1.165) is 0 Å². The molecule has 0 rings (SSSR count). The second-order valence-corrected chi connectivity index (χ2v) is 12.1. The number of ether oxygens (including phenoxy) is 1. The van der Waals surface area contributed by atoms with Crippen LogP contribution in [0.25, 0.3) is 0 Å². The summed E-state index contributed by atoms with van der Waals surface area (Å²) in [4.78, 5) is 1.96. The Morgan fingerprint density at radius 2 is 1.71 bits per heavy atom. The van der Waals surface area contributed by atoms with Crippen molar-refractivity contribution < 1.29 is 4.74 Å². The highest BCUT2D eigenvalue weighted by atomic mass is 35.6. The molecule has 0 N–H and O–H groups in total. The Hall–Kier alpha value is 1.01. The quantitative estimate of drug-likeness (QED) is 0.445. The molecule has 86 valence electrons. The van der Waals surface area contributed by atoms with Crippen LogP contribution in [-0.2, 0) is 4.74 Å².